The molecule has 6 nitrogen and oxygen atoms in total. The van der Waals surface area contributed by atoms with Crippen LogP contribution in [0.5, 0.6) is 0 Å². The van der Waals surface area contributed by atoms with Gasteiger partial charge >= 0.3 is 0 Å². The monoisotopic (exact) mass is 422 g/mol. The van der Waals surface area contributed by atoms with Gasteiger partial charge in [-0.25, -0.2) is 18.7 Å². The second-order valence-corrected chi connectivity index (χ2v) is 7.37. The topological polar surface area (TPSA) is 75.2 Å². The molecule has 9 heteroatoms. The normalized spacial score (nSPS) is 23.7. The van der Waals surface area contributed by atoms with E-state index in [2.05, 4.69) is 31.2 Å². The molecule has 0 saturated heterocycles. The van der Waals surface area contributed by atoms with E-state index >= 15 is 0 Å². The second-order valence-electron chi connectivity index (χ2n) is 6.45. The number of hydrogen-bond acceptors (Lipinski definition) is 4. The number of benzene rings is 1. The fourth-order valence-corrected chi connectivity index (χ4v) is 3.69. The number of aromatic nitrogens is 2. The fraction of sp³-hybridized carbons (Fsp3) is 0.294. The molecule has 2 aromatic rings. The Hall–Kier alpha value is -2.42. The highest BCUT2D eigenvalue weighted by atomic mass is 79.9. The zero-order chi connectivity index (χ0) is 18.5. The molecule has 2 atom stereocenters. The molecule has 1 spiro atoms. The zero-order valence-corrected chi connectivity index (χ0v) is 15.0. The van der Waals surface area contributed by atoms with Crippen LogP contribution in [0.25, 0.3) is 0 Å². The Morgan fingerprint density at radius 2 is 2.08 bits per heavy atom. The molecule has 0 bridgehead atoms. The van der Waals surface area contributed by atoms with Crippen LogP contribution in [0, 0.1) is 5.82 Å². The van der Waals surface area contributed by atoms with Gasteiger partial charge in [0.2, 0.25) is 11.9 Å². The number of carbonyl (C=O) groups excluding carboxylic acids is 2. The first-order valence-electron chi connectivity index (χ1n) is 7.90. The van der Waals surface area contributed by atoms with Crippen molar-refractivity contribution in [2.24, 2.45) is 0 Å². The van der Waals surface area contributed by atoms with E-state index in [-0.39, 0.29) is 24.9 Å². The molecule has 0 unspecified atom stereocenters. The average molecular weight is 423 g/mol. The van der Waals surface area contributed by atoms with E-state index in [0.717, 1.165) is 16.9 Å². The van der Waals surface area contributed by atoms with Crippen molar-refractivity contribution in [1.82, 2.24) is 14.9 Å². The van der Waals surface area contributed by atoms with Crippen molar-refractivity contribution >= 4 is 33.7 Å². The number of amides is 2. The minimum Gasteiger partial charge on any atom is -0.328 e. The number of alkyl halides is 1. The van der Waals surface area contributed by atoms with E-state index < -0.39 is 23.3 Å². The molecule has 26 heavy (non-hydrogen) atoms. The Bertz CT molecular complexity index is 908. The van der Waals surface area contributed by atoms with Gasteiger partial charge < -0.3 is 4.90 Å². The van der Waals surface area contributed by atoms with Crippen LogP contribution in [-0.2, 0) is 10.2 Å². The van der Waals surface area contributed by atoms with Gasteiger partial charge in [-0.3, -0.25) is 14.9 Å². The van der Waals surface area contributed by atoms with Crippen LogP contribution in [0.3, 0.4) is 0 Å². The van der Waals surface area contributed by atoms with Crippen LogP contribution < -0.4 is 5.32 Å². The van der Waals surface area contributed by atoms with Gasteiger partial charge in [0.25, 0.3) is 5.91 Å². The summed E-state index contributed by atoms with van der Waals surface area (Å²) >= 11 is 3.36. The second kappa shape index (κ2) is 6.08. The van der Waals surface area contributed by atoms with Crippen molar-refractivity contribution < 1.29 is 18.4 Å². The Morgan fingerprint density at radius 1 is 1.38 bits per heavy atom. The summed E-state index contributed by atoms with van der Waals surface area (Å²) in [7, 11) is 0. The third-order valence-electron chi connectivity index (χ3n) is 4.70. The molecule has 0 radical (unpaired) electrons. The van der Waals surface area contributed by atoms with Crippen LogP contribution in [0.1, 0.15) is 22.3 Å². The Morgan fingerprint density at radius 3 is 2.73 bits per heavy atom. The summed E-state index contributed by atoms with van der Waals surface area (Å²) in [5, 5.41) is 2.41. The Labute approximate surface area is 155 Å². The fourth-order valence-electron chi connectivity index (χ4n) is 3.33. The van der Waals surface area contributed by atoms with Crippen LogP contribution >= 0.6 is 15.9 Å². The maximum absolute atomic E-state index is 14.2. The number of anilines is 1. The number of hydrogen-bond donors (Lipinski definition) is 1. The first kappa shape index (κ1) is 17.0. The van der Waals surface area contributed by atoms with Crippen molar-refractivity contribution in [2.75, 3.05) is 18.4 Å². The predicted octanol–water partition coefficient (Wildman–Crippen LogP) is 2.45. The van der Waals surface area contributed by atoms with Gasteiger partial charge in [-0.2, -0.15) is 0 Å². The minimum absolute atomic E-state index is 0.0605. The lowest BCUT2D eigenvalue weighted by Gasteiger charge is -2.34. The number of nitrogens with one attached hydrogen (secondary N) is 1. The van der Waals surface area contributed by atoms with Crippen LogP contribution in [-0.4, -0.2) is 45.9 Å². The summed E-state index contributed by atoms with van der Waals surface area (Å²) in [6.07, 6.45) is 1.13. The number of rotatable bonds is 3. The maximum atomic E-state index is 14.2. The molecule has 2 heterocycles. The maximum Gasteiger partial charge on any atom is 0.254 e. The van der Waals surface area contributed by atoms with Crippen molar-refractivity contribution in [2.45, 2.75) is 18.0 Å². The van der Waals surface area contributed by atoms with Gasteiger partial charge in [0.15, 0.2) is 5.82 Å². The predicted molar refractivity (Wildman–Crippen MR) is 91.9 cm³/mol. The van der Waals surface area contributed by atoms with Gasteiger partial charge in [0, 0.05) is 22.0 Å². The first-order valence-corrected chi connectivity index (χ1v) is 8.69. The van der Waals surface area contributed by atoms with Gasteiger partial charge in [0.05, 0.1) is 12.4 Å². The highest BCUT2D eigenvalue weighted by Crippen LogP contribution is 2.54. The van der Waals surface area contributed by atoms with Crippen LogP contribution in [0.4, 0.5) is 14.7 Å². The molecule has 1 aliphatic carbocycles. The molecule has 1 aromatic carbocycles. The standard InChI is InChI=1S/C17H13BrF2N4O2/c18-9-1-2-11-12(3-9)17(4-13(17)20)8-24(15(11)26)7-14(25)23-16-21-5-10(19)6-22-16/h1-3,5-6,13H,4,7-8H2,(H,21,22,23,25)/t13-,17+/m0/s1. The SMILES string of the molecule is O=C(CN1C[C@]2(C[C@@H]2F)c2cc(Br)ccc2C1=O)Nc1ncc(F)cn1. The highest BCUT2D eigenvalue weighted by molar-refractivity contribution is 9.10. The van der Waals surface area contributed by atoms with Crippen molar-refractivity contribution in [3.05, 3.63) is 52.0 Å². The van der Waals surface area contributed by atoms with E-state index in [1.165, 1.54) is 4.90 Å². The van der Waals surface area contributed by atoms with Gasteiger partial charge in [-0.1, -0.05) is 15.9 Å². The quantitative estimate of drug-likeness (QED) is 0.823. The van der Waals surface area contributed by atoms with Crippen LogP contribution in [0.2, 0.25) is 0 Å². The molecule has 1 saturated carbocycles. The van der Waals surface area contributed by atoms with E-state index in [0.29, 0.717) is 17.5 Å². The molecule has 1 aliphatic heterocycles. The number of halogens is 3. The van der Waals surface area contributed by atoms with E-state index in [9.17, 15) is 18.4 Å². The van der Waals surface area contributed by atoms with Gasteiger partial charge in [-0.15, -0.1) is 0 Å². The molecule has 2 amide bonds. The number of carbonyl (C=O) groups is 2. The molecule has 4 rings (SSSR count). The van der Waals surface area contributed by atoms with E-state index in [4.69, 9.17) is 0 Å². The van der Waals surface area contributed by atoms with Crippen molar-refractivity contribution in [3.63, 3.8) is 0 Å². The summed E-state index contributed by atoms with van der Waals surface area (Å²) in [5.41, 5.74) is 0.341. The average Bonchev–Trinajstić information content (AvgIpc) is 3.25. The molecule has 1 fully saturated rings. The lowest BCUT2D eigenvalue weighted by molar-refractivity contribution is -0.117. The largest absolute Gasteiger partial charge is 0.328 e. The molecule has 2 aliphatic rings. The third-order valence-corrected chi connectivity index (χ3v) is 5.19. The molecule has 1 aromatic heterocycles. The zero-order valence-electron chi connectivity index (χ0n) is 13.4. The molecular weight excluding hydrogens is 410 g/mol. The smallest absolute Gasteiger partial charge is 0.254 e. The minimum atomic E-state index is -1.05. The highest BCUT2D eigenvalue weighted by Gasteiger charge is 2.61. The molecule has 1 N–H and O–H groups in total. The third kappa shape index (κ3) is 2.86. The Balaban J connectivity index is 1.54. The van der Waals surface area contributed by atoms with Gasteiger partial charge in [0.1, 0.15) is 12.7 Å². The summed E-state index contributed by atoms with van der Waals surface area (Å²) in [6.45, 7) is -0.127. The van der Waals surface area contributed by atoms with E-state index in [1.54, 1.807) is 18.2 Å². The summed E-state index contributed by atoms with van der Waals surface area (Å²) in [6, 6.07) is 5.13. The summed E-state index contributed by atoms with van der Waals surface area (Å²) in [5.74, 6) is -1.54. The van der Waals surface area contributed by atoms with E-state index in [1.807, 2.05) is 0 Å². The van der Waals surface area contributed by atoms with Crippen LogP contribution in [0.15, 0.2) is 35.1 Å². The summed E-state index contributed by atoms with van der Waals surface area (Å²) in [4.78, 5) is 33.5. The lowest BCUT2D eigenvalue weighted by Crippen LogP contribution is -2.47. The van der Waals surface area contributed by atoms with Crippen molar-refractivity contribution in [1.29, 1.82) is 0 Å². The molecule has 134 valence electrons. The number of fused-ring (bicyclic) bond motifs is 2. The Kier molecular flexibility index (Phi) is 3.98. The summed E-state index contributed by atoms with van der Waals surface area (Å²) < 4.78 is 27.8. The van der Waals surface area contributed by atoms with Crippen molar-refractivity contribution in [3.8, 4) is 0 Å². The lowest BCUT2D eigenvalue weighted by atomic mass is 9.86. The van der Waals surface area contributed by atoms with Gasteiger partial charge in [-0.05, 0) is 30.2 Å². The number of nitrogens with zero attached hydrogens (tertiary/aromatic N) is 3. The molecular formula is C17H13BrF2N4O2. The first-order chi connectivity index (χ1) is 12.4.